The van der Waals surface area contributed by atoms with Gasteiger partial charge in [0, 0.05) is 12.2 Å². The lowest BCUT2D eigenvalue weighted by Crippen LogP contribution is -2.08. The van der Waals surface area contributed by atoms with Crippen molar-refractivity contribution in [3.05, 3.63) is 35.5 Å². The van der Waals surface area contributed by atoms with Crippen LogP contribution in [0.1, 0.15) is 51.2 Å². The zero-order chi connectivity index (χ0) is 16.5. The van der Waals surface area contributed by atoms with Crippen LogP contribution in [0, 0.1) is 0 Å². The van der Waals surface area contributed by atoms with Gasteiger partial charge in [-0.05, 0) is 30.4 Å². The van der Waals surface area contributed by atoms with Crippen molar-refractivity contribution in [2.75, 3.05) is 17.2 Å². The van der Waals surface area contributed by atoms with Gasteiger partial charge in [-0.15, -0.1) is 5.10 Å². The Morgan fingerprint density at radius 3 is 2.39 bits per heavy atom. The Labute approximate surface area is 139 Å². The molecular weight excluding hydrogens is 286 g/mol. The lowest BCUT2D eigenvalue weighted by molar-refractivity contribution is 0.738. The van der Waals surface area contributed by atoms with E-state index in [-0.39, 0.29) is 0 Å². The predicted octanol–water partition coefficient (Wildman–Crippen LogP) is 4.34. The molecule has 0 aliphatic carbocycles. The van der Waals surface area contributed by atoms with Crippen LogP contribution in [0.4, 0.5) is 17.5 Å². The minimum absolute atomic E-state index is 0.582. The maximum atomic E-state index is 4.52. The minimum atomic E-state index is 0.582. The van der Waals surface area contributed by atoms with E-state index in [4.69, 9.17) is 0 Å². The fraction of sp³-hybridized carbons (Fsp3) is 0.500. The van der Waals surface area contributed by atoms with Crippen LogP contribution < -0.4 is 10.6 Å². The van der Waals surface area contributed by atoms with Crippen LogP contribution >= 0.6 is 0 Å². The Balaban J connectivity index is 2.11. The first kappa shape index (κ1) is 17.2. The van der Waals surface area contributed by atoms with Gasteiger partial charge < -0.3 is 10.6 Å². The summed E-state index contributed by atoms with van der Waals surface area (Å²) in [6.45, 7) is 7.40. The number of hydrogen-bond acceptors (Lipinski definition) is 5. The van der Waals surface area contributed by atoms with Crippen LogP contribution in [-0.2, 0) is 12.8 Å². The van der Waals surface area contributed by atoms with E-state index in [9.17, 15) is 0 Å². The summed E-state index contributed by atoms with van der Waals surface area (Å²) in [6.07, 6.45) is 7.17. The zero-order valence-electron chi connectivity index (χ0n) is 14.4. The molecule has 0 saturated heterocycles. The van der Waals surface area contributed by atoms with E-state index < -0.39 is 0 Å². The van der Waals surface area contributed by atoms with Crippen molar-refractivity contribution in [2.24, 2.45) is 0 Å². The Morgan fingerprint density at radius 1 is 1.00 bits per heavy atom. The molecule has 0 saturated carbocycles. The summed E-state index contributed by atoms with van der Waals surface area (Å²) >= 11 is 0. The Kier molecular flexibility index (Phi) is 6.78. The summed E-state index contributed by atoms with van der Waals surface area (Å²) in [5.74, 6) is 1.31. The first-order valence-electron chi connectivity index (χ1n) is 8.59. The average molecular weight is 313 g/mol. The molecule has 5 heteroatoms. The van der Waals surface area contributed by atoms with Crippen molar-refractivity contribution in [1.29, 1.82) is 0 Å². The maximum Gasteiger partial charge on any atom is 0.244 e. The number of rotatable bonds is 9. The monoisotopic (exact) mass is 313 g/mol. The molecule has 0 bridgehead atoms. The predicted molar refractivity (Wildman–Crippen MR) is 96.3 cm³/mol. The van der Waals surface area contributed by atoms with Gasteiger partial charge in [0.25, 0.3) is 0 Å². The summed E-state index contributed by atoms with van der Waals surface area (Å²) in [7, 11) is 0. The quantitative estimate of drug-likeness (QED) is 0.674. The van der Waals surface area contributed by atoms with E-state index in [1.54, 1.807) is 6.20 Å². The SMILES string of the molecule is CCCCCNc1nncc(Nc2c(CC)cccc2CC)n1. The molecule has 0 spiro atoms. The number of unbranched alkanes of at least 4 members (excludes halogenated alkanes) is 2. The van der Waals surface area contributed by atoms with Crippen molar-refractivity contribution >= 4 is 17.5 Å². The summed E-state index contributed by atoms with van der Waals surface area (Å²) in [6, 6.07) is 6.42. The number of benzene rings is 1. The summed E-state index contributed by atoms with van der Waals surface area (Å²) in [4.78, 5) is 4.52. The van der Waals surface area contributed by atoms with E-state index in [0.717, 1.165) is 37.3 Å². The first-order chi connectivity index (χ1) is 11.3. The second-order valence-electron chi connectivity index (χ2n) is 5.58. The van der Waals surface area contributed by atoms with Gasteiger partial charge in [0.2, 0.25) is 5.95 Å². The molecule has 0 unspecified atom stereocenters. The largest absolute Gasteiger partial charge is 0.353 e. The third-order valence-electron chi connectivity index (χ3n) is 3.87. The van der Waals surface area contributed by atoms with E-state index in [1.807, 2.05) is 0 Å². The number of para-hydroxylation sites is 1. The highest BCUT2D eigenvalue weighted by molar-refractivity contribution is 5.65. The van der Waals surface area contributed by atoms with Gasteiger partial charge in [0.05, 0.1) is 6.20 Å². The topological polar surface area (TPSA) is 62.7 Å². The summed E-state index contributed by atoms with van der Waals surface area (Å²) < 4.78 is 0. The Bertz CT molecular complexity index is 590. The summed E-state index contributed by atoms with van der Waals surface area (Å²) in [5.41, 5.74) is 3.73. The lowest BCUT2D eigenvalue weighted by Gasteiger charge is -2.15. The molecule has 0 fully saturated rings. The van der Waals surface area contributed by atoms with Gasteiger partial charge in [-0.25, -0.2) is 0 Å². The van der Waals surface area contributed by atoms with Gasteiger partial charge in [-0.2, -0.15) is 10.1 Å². The molecule has 5 nitrogen and oxygen atoms in total. The number of anilines is 3. The van der Waals surface area contributed by atoms with Crippen molar-refractivity contribution in [1.82, 2.24) is 15.2 Å². The van der Waals surface area contributed by atoms with Gasteiger partial charge in [0.15, 0.2) is 5.82 Å². The molecule has 0 radical (unpaired) electrons. The van der Waals surface area contributed by atoms with Crippen molar-refractivity contribution < 1.29 is 0 Å². The first-order valence-corrected chi connectivity index (χ1v) is 8.59. The highest BCUT2D eigenvalue weighted by atomic mass is 15.3. The normalized spacial score (nSPS) is 10.6. The summed E-state index contributed by atoms with van der Waals surface area (Å²) in [5, 5.41) is 14.8. The molecule has 23 heavy (non-hydrogen) atoms. The molecule has 2 N–H and O–H groups in total. The second-order valence-corrected chi connectivity index (χ2v) is 5.58. The number of nitrogens with one attached hydrogen (secondary N) is 2. The van der Waals surface area contributed by atoms with Gasteiger partial charge >= 0.3 is 0 Å². The third-order valence-corrected chi connectivity index (χ3v) is 3.87. The molecule has 2 rings (SSSR count). The molecule has 1 aromatic carbocycles. The van der Waals surface area contributed by atoms with Gasteiger partial charge in [-0.1, -0.05) is 51.8 Å². The number of nitrogens with zero attached hydrogens (tertiary/aromatic N) is 3. The molecular formula is C18H27N5. The number of hydrogen-bond donors (Lipinski definition) is 2. The van der Waals surface area contributed by atoms with Crippen LogP contribution in [0.5, 0.6) is 0 Å². The smallest absolute Gasteiger partial charge is 0.244 e. The maximum absolute atomic E-state index is 4.52. The van der Waals surface area contributed by atoms with Crippen LogP contribution in [0.2, 0.25) is 0 Å². The molecule has 0 atom stereocenters. The van der Waals surface area contributed by atoms with Gasteiger partial charge in [-0.3, -0.25) is 0 Å². The zero-order valence-corrected chi connectivity index (χ0v) is 14.4. The van der Waals surface area contributed by atoms with Crippen LogP contribution in [0.25, 0.3) is 0 Å². The second kappa shape index (κ2) is 9.08. The molecule has 124 valence electrons. The molecule has 0 aliphatic rings. The fourth-order valence-corrected chi connectivity index (χ4v) is 2.55. The molecule has 0 amide bonds. The molecule has 1 heterocycles. The van der Waals surface area contributed by atoms with Crippen molar-refractivity contribution in [3.63, 3.8) is 0 Å². The molecule has 1 aromatic heterocycles. The van der Waals surface area contributed by atoms with Crippen molar-refractivity contribution in [2.45, 2.75) is 52.9 Å². The van der Waals surface area contributed by atoms with E-state index in [2.05, 4.69) is 64.8 Å². The molecule has 2 aromatic rings. The lowest BCUT2D eigenvalue weighted by atomic mass is 10.0. The van der Waals surface area contributed by atoms with Gasteiger partial charge in [0.1, 0.15) is 0 Å². The number of aryl methyl sites for hydroxylation is 2. The molecule has 0 aliphatic heterocycles. The van der Waals surface area contributed by atoms with Crippen LogP contribution in [0.15, 0.2) is 24.4 Å². The highest BCUT2D eigenvalue weighted by Crippen LogP contribution is 2.25. The van der Waals surface area contributed by atoms with E-state index >= 15 is 0 Å². The Morgan fingerprint density at radius 2 is 1.74 bits per heavy atom. The average Bonchev–Trinajstić information content (AvgIpc) is 2.59. The number of aromatic nitrogens is 3. The van der Waals surface area contributed by atoms with Crippen LogP contribution in [-0.4, -0.2) is 21.7 Å². The van der Waals surface area contributed by atoms with E-state index in [1.165, 1.54) is 24.0 Å². The van der Waals surface area contributed by atoms with Crippen LogP contribution in [0.3, 0.4) is 0 Å². The standard InChI is InChI=1S/C18H27N5/c1-4-7-8-12-19-18-22-16(13-20-23-18)21-17-14(5-2)10-9-11-15(17)6-3/h9-11,13H,4-8,12H2,1-3H3,(H2,19,21,22,23). The third kappa shape index (κ3) is 4.91. The van der Waals surface area contributed by atoms with E-state index in [0.29, 0.717) is 5.95 Å². The highest BCUT2D eigenvalue weighted by Gasteiger charge is 2.08. The van der Waals surface area contributed by atoms with Crippen molar-refractivity contribution in [3.8, 4) is 0 Å². The fourth-order valence-electron chi connectivity index (χ4n) is 2.55. The Hall–Kier alpha value is -2.17. The minimum Gasteiger partial charge on any atom is -0.353 e.